The van der Waals surface area contributed by atoms with Crippen molar-refractivity contribution in [3.8, 4) is 0 Å². The molecule has 0 saturated carbocycles. The molecule has 1 aromatic heterocycles. The summed E-state index contributed by atoms with van der Waals surface area (Å²) in [6.07, 6.45) is 1.90. The fraction of sp³-hybridized carbons (Fsp3) is 0.385. The summed E-state index contributed by atoms with van der Waals surface area (Å²) in [4.78, 5) is 28.8. The van der Waals surface area contributed by atoms with Crippen molar-refractivity contribution in [1.29, 1.82) is 0 Å². The predicted molar refractivity (Wildman–Crippen MR) is 120 cm³/mol. The maximum Gasteiger partial charge on any atom is 0.291 e. The lowest BCUT2D eigenvalue weighted by Crippen LogP contribution is -2.36. The van der Waals surface area contributed by atoms with E-state index < -0.39 is 6.04 Å². The zero-order chi connectivity index (χ0) is 21.7. The van der Waals surface area contributed by atoms with Crippen LogP contribution in [0.5, 0.6) is 0 Å². The Hall–Kier alpha value is -2.92. The van der Waals surface area contributed by atoms with Gasteiger partial charge in [-0.2, -0.15) is 0 Å². The van der Waals surface area contributed by atoms with E-state index in [4.69, 9.17) is 9.15 Å². The van der Waals surface area contributed by atoms with Gasteiger partial charge in [0.15, 0.2) is 5.43 Å². The fourth-order valence-corrected chi connectivity index (χ4v) is 4.74. The van der Waals surface area contributed by atoms with Gasteiger partial charge in [-0.3, -0.25) is 9.59 Å². The van der Waals surface area contributed by atoms with Gasteiger partial charge < -0.3 is 14.1 Å². The molecule has 0 aliphatic carbocycles. The Labute approximate surface area is 181 Å². The minimum Gasteiger partial charge on any atom is -0.450 e. The van der Waals surface area contributed by atoms with Gasteiger partial charge in [-0.1, -0.05) is 49.7 Å². The van der Waals surface area contributed by atoms with Crippen LogP contribution in [-0.4, -0.2) is 30.1 Å². The normalized spacial score (nSPS) is 20.8. The van der Waals surface area contributed by atoms with Crippen molar-refractivity contribution in [2.75, 3.05) is 13.2 Å². The first-order valence-corrected chi connectivity index (χ1v) is 11.0. The van der Waals surface area contributed by atoms with Crippen LogP contribution in [0, 0.1) is 6.92 Å². The Morgan fingerprint density at radius 1 is 1.10 bits per heavy atom. The van der Waals surface area contributed by atoms with Crippen molar-refractivity contribution in [1.82, 2.24) is 4.90 Å². The van der Waals surface area contributed by atoms with E-state index in [-0.39, 0.29) is 23.2 Å². The molecule has 0 spiro atoms. The van der Waals surface area contributed by atoms with Crippen molar-refractivity contribution in [3.05, 3.63) is 80.7 Å². The van der Waals surface area contributed by atoms with Gasteiger partial charge in [0.25, 0.3) is 5.91 Å². The lowest BCUT2D eigenvalue weighted by molar-refractivity contribution is 0.0486. The summed E-state index contributed by atoms with van der Waals surface area (Å²) < 4.78 is 11.8. The third-order valence-electron chi connectivity index (χ3n) is 6.46. The molecule has 3 aromatic rings. The molecule has 0 radical (unpaired) electrons. The summed E-state index contributed by atoms with van der Waals surface area (Å²) in [5.74, 6) is 0.340. The second kappa shape index (κ2) is 7.65. The number of benzene rings is 2. The van der Waals surface area contributed by atoms with E-state index in [1.165, 1.54) is 5.56 Å². The molecule has 160 valence electrons. The van der Waals surface area contributed by atoms with Crippen LogP contribution in [0.15, 0.2) is 51.7 Å². The van der Waals surface area contributed by atoms with Gasteiger partial charge in [0.1, 0.15) is 5.58 Å². The van der Waals surface area contributed by atoms with Crippen LogP contribution in [0.1, 0.15) is 71.5 Å². The molecule has 0 N–H and O–H groups in total. The molecule has 5 rings (SSSR count). The Balaban J connectivity index is 1.68. The van der Waals surface area contributed by atoms with E-state index in [9.17, 15) is 9.59 Å². The van der Waals surface area contributed by atoms with Crippen molar-refractivity contribution in [3.63, 3.8) is 0 Å². The highest BCUT2D eigenvalue weighted by Crippen LogP contribution is 2.39. The number of hydrogen-bond acceptors (Lipinski definition) is 4. The van der Waals surface area contributed by atoms with E-state index >= 15 is 0 Å². The number of hydrogen-bond donors (Lipinski definition) is 0. The van der Waals surface area contributed by atoms with Crippen LogP contribution >= 0.6 is 0 Å². The van der Waals surface area contributed by atoms with Gasteiger partial charge in [-0.25, -0.2) is 0 Å². The molecule has 3 heterocycles. The maximum absolute atomic E-state index is 13.6. The summed E-state index contributed by atoms with van der Waals surface area (Å²) in [5.41, 5.74) is 3.90. The van der Waals surface area contributed by atoms with Gasteiger partial charge >= 0.3 is 0 Å². The standard InChI is InChI=1S/C26H27NO4/c1-15(2)17-7-9-18(10-8-17)23-22-24(28)20-13-16(3)6-11-21(20)31-25(22)26(29)27(23)14-19-5-4-12-30-19/h6-11,13,15,19,23H,4-5,12,14H2,1-3H3/t19-,23+/m0/s1. The molecular weight excluding hydrogens is 390 g/mol. The summed E-state index contributed by atoms with van der Waals surface area (Å²) in [5, 5.41) is 0.523. The van der Waals surface area contributed by atoms with Gasteiger partial charge in [0.2, 0.25) is 5.76 Å². The largest absolute Gasteiger partial charge is 0.450 e. The number of amides is 1. The lowest BCUT2D eigenvalue weighted by atomic mass is 9.95. The van der Waals surface area contributed by atoms with Crippen LogP contribution in [-0.2, 0) is 4.74 Å². The average Bonchev–Trinajstić information content (AvgIpc) is 3.36. The fourth-order valence-electron chi connectivity index (χ4n) is 4.74. The molecule has 31 heavy (non-hydrogen) atoms. The van der Waals surface area contributed by atoms with Crippen LogP contribution < -0.4 is 5.43 Å². The molecule has 5 heteroatoms. The SMILES string of the molecule is Cc1ccc2oc3c(c(=O)c2c1)[C@@H](c1ccc(C(C)C)cc1)N(C[C@@H]1CCCO1)C3=O. The number of carbonyl (C=O) groups is 1. The molecule has 2 aliphatic heterocycles. The first-order valence-electron chi connectivity index (χ1n) is 11.0. The van der Waals surface area contributed by atoms with Crippen molar-refractivity contribution < 1.29 is 13.9 Å². The monoisotopic (exact) mass is 417 g/mol. The summed E-state index contributed by atoms with van der Waals surface area (Å²) >= 11 is 0. The number of fused-ring (bicyclic) bond motifs is 2. The molecule has 2 aromatic carbocycles. The van der Waals surface area contributed by atoms with Crippen molar-refractivity contribution in [2.24, 2.45) is 0 Å². The smallest absolute Gasteiger partial charge is 0.291 e. The Morgan fingerprint density at radius 2 is 1.87 bits per heavy atom. The topological polar surface area (TPSA) is 59.8 Å². The van der Waals surface area contributed by atoms with Gasteiger partial charge in [0, 0.05) is 13.2 Å². The Kier molecular flexibility index (Phi) is 4.94. The Bertz CT molecular complexity index is 1200. The van der Waals surface area contributed by atoms with Gasteiger partial charge in [-0.15, -0.1) is 0 Å². The third kappa shape index (κ3) is 3.37. The molecule has 1 amide bonds. The quantitative estimate of drug-likeness (QED) is 0.603. The zero-order valence-electron chi connectivity index (χ0n) is 18.2. The first kappa shape index (κ1) is 20.0. The number of rotatable bonds is 4. The second-order valence-corrected chi connectivity index (χ2v) is 8.99. The molecule has 2 aliphatic rings. The minimum absolute atomic E-state index is 0.0116. The predicted octanol–water partition coefficient (Wildman–Crippen LogP) is 4.95. The third-order valence-corrected chi connectivity index (χ3v) is 6.46. The molecule has 0 bridgehead atoms. The van der Waals surface area contributed by atoms with Crippen molar-refractivity contribution in [2.45, 2.75) is 51.7 Å². The van der Waals surface area contributed by atoms with Crippen LogP contribution in [0.4, 0.5) is 0 Å². The molecule has 1 fully saturated rings. The lowest BCUT2D eigenvalue weighted by Gasteiger charge is -2.27. The first-order chi connectivity index (χ1) is 14.9. The maximum atomic E-state index is 13.6. The van der Waals surface area contributed by atoms with Crippen LogP contribution in [0.25, 0.3) is 11.0 Å². The zero-order valence-corrected chi connectivity index (χ0v) is 18.2. The summed E-state index contributed by atoms with van der Waals surface area (Å²) in [6, 6.07) is 13.3. The van der Waals surface area contributed by atoms with E-state index in [0.717, 1.165) is 24.0 Å². The molecule has 5 nitrogen and oxygen atoms in total. The summed E-state index contributed by atoms with van der Waals surface area (Å²) in [7, 11) is 0. The van der Waals surface area contributed by atoms with E-state index in [0.29, 0.717) is 35.6 Å². The van der Waals surface area contributed by atoms with E-state index in [1.807, 2.05) is 31.2 Å². The van der Waals surface area contributed by atoms with E-state index in [2.05, 4.69) is 26.0 Å². The van der Waals surface area contributed by atoms with Gasteiger partial charge in [-0.05, 0) is 48.9 Å². The molecule has 0 unspecified atom stereocenters. The summed E-state index contributed by atoms with van der Waals surface area (Å²) in [6.45, 7) is 7.41. The van der Waals surface area contributed by atoms with Crippen LogP contribution in [0.2, 0.25) is 0 Å². The molecule has 2 atom stereocenters. The average molecular weight is 418 g/mol. The molecular formula is C26H27NO4. The van der Waals surface area contributed by atoms with Crippen LogP contribution in [0.3, 0.4) is 0 Å². The number of aryl methyl sites for hydroxylation is 1. The number of ether oxygens (including phenoxy) is 1. The number of nitrogens with zero attached hydrogens (tertiary/aromatic N) is 1. The number of carbonyl (C=O) groups excluding carboxylic acids is 1. The van der Waals surface area contributed by atoms with E-state index in [1.54, 1.807) is 11.0 Å². The van der Waals surface area contributed by atoms with Crippen molar-refractivity contribution >= 4 is 16.9 Å². The minimum atomic E-state index is -0.464. The Morgan fingerprint density at radius 3 is 2.55 bits per heavy atom. The highest BCUT2D eigenvalue weighted by Gasteiger charge is 2.43. The van der Waals surface area contributed by atoms with Gasteiger partial charge in [0.05, 0.1) is 23.1 Å². The highest BCUT2D eigenvalue weighted by molar-refractivity contribution is 5.99. The second-order valence-electron chi connectivity index (χ2n) is 8.99. The highest BCUT2D eigenvalue weighted by atomic mass is 16.5. The molecule has 1 saturated heterocycles.